The molecule has 0 heterocycles. The largest absolute Gasteiger partial charge is 0.349 e. The molecule has 3 N–H and O–H groups in total. The maximum absolute atomic E-state index is 12.8. The quantitative estimate of drug-likeness (QED) is 0.804. The van der Waals surface area contributed by atoms with Crippen molar-refractivity contribution in [2.45, 2.75) is 44.7 Å². The third-order valence-electron chi connectivity index (χ3n) is 4.84. The molecule has 4 nitrogen and oxygen atoms in total. The lowest BCUT2D eigenvalue weighted by Crippen LogP contribution is -2.40. The number of rotatable bonds is 4. The first-order valence-electron chi connectivity index (χ1n) is 8.81. The Bertz CT molecular complexity index is 766. The maximum atomic E-state index is 12.8. The predicted molar refractivity (Wildman–Crippen MR) is 106 cm³/mol. The zero-order valence-electron chi connectivity index (χ0n) is 14.9. The van der Waals surface area contributed by atoms with Gasteiger partial charge in [-0.3, -0.25) is 9.59 Å². The molecule has 1 saturated carbocycles. The highest BCUT2D eigenvalue weighted by Crippen LogP contribution is 2.19. The number of aryl methyl sites for hydroxylation is 1. The fourth-order valence-electron chi connectivity index (χ4n) is 3.27. The number of carbonyl (C=O) groups is 2. The van der Waals surface area contributed by atoms with Crippen molar-refractivity contribution < 1.29 is 9.59 Å². The molecule has 0 unspecified atom stereocenters. The monoisotopic (exact) mass is 372 g/mol. The number of benzene rings is 2. The van der Waals surface area contributed by atoms with E-state index in [0.29, 0.717) is 16.7 Å². The van der Waals surface area contributed by atoms with Crippen LogP contribution < -0.4 is 11.1 Å². The highest BCUT2D eigenvalue weighted by Gasteiger charge is 2.23. The van der Waals surface area contributed by atoms with Crippen LogP contribution in [0.15, 0.2) is 48.5 Å². The molecule has 0 atom stereocenters. The van der Waals surface area contributed by atoms with E-state index in [2.05, 4.69) is 5.32 Å². The van der Waals surface area contributed by atoms with Gasteiger partial charge in [-0.2, -0.15) is 0 Å². The first-order chi connectivity index (χ1) is 12.0. The molecule has 2 aromatic carbocycles. The third kappa shape index (κ3) is 4.71. The molecule has 26 heavy (non-hydrogen) atoms. The minimum absolute atomic E-state index is 0. The summed E-state index contributed by atoms with van der Waals surface area (Å²) < 4.78 is 0. The number of ketones is 1. The van der Waals surface area contributed by atoms with Gasteiger partial charge >= 0.3 is 0 Å². The molecule has 0 aliphatic heterocycles. The average molecular weight is 373 g/mol. The van der Waals surface area contributed by atoms with E-state index in [1.165, 1.54) is 0 Å². The minimum Gasteiger partial charge on any atom is -0.349 e. The molecule has 3 rings (SSSR count). The Morgan fingerprint density at radius 2 is 1.50 bits per heavy atom. The maximum Gasteiger partial charge on any atom is 0.252 e. The highest BCUT2D eigenvalue weighted by atomic mass is 35.5. The Labute approximate surface area is 160 Å². The Morgan fingerprint density at radius 3 is 2.12 bits per heavy atom. The molecule has 1 aliphatic rings. The normalized spacial score (nSPS) is 19.3. The first kappa shape index (κ1) is 20.1. The Morgan fingerprint density at radius 1 is 0.923 bits per heavy atom. The van der Waals surface area contributed by atoms with Crippen LogP contribution >= 0.6 is 12.4 Å². The van der Waals surface area contributed by atoms with Gasteiger partial charge in [0.2, 0.25) is 0 Å². The molecule has 138 valence electrons. The smallest absolute Gasteiger partial charge is 0.252 e. The summed E-state index contributed by atoms with van der Waals surface area (Å²) in [5.74, 6) is -0.312. The number of hydrogen-bond donors (Lipinski definition) is 2. The van der Waals surface area contributed by atoms with Gasteiger partial charge < -0.3 is 11.1 Å². The van der Waals surface area contributed by atoms with Crippen LogP contribution in [0.3, 0.4) is 0 Å². The van der Waals surface area contributed by atoms with Crippen LogP contribution in [0.2, 0.25) is 0 Å². The van der Waals surface area contributed by atoms with Crippen molar-refractivity contribution >= 4 is 24.1 Å². The molecule has 2 aromatic rings. The van der Waals surface area contributed by atoms with Crippen molar-refractivity contribution in [3.8, 4) is 0 Å². The van der Waals surface area contributed by atoms with Gasteiger partial charge in [0.25, 0.3) is 5.91 Å². The molecule has 0 spiro atoms. The summed E-state index contributed by atoms with van der Waals surface area (Å²) in [6, 6.07) is 14.8. The Hall–Kier alpha value is -2.17. The second-order valence-electron chi connectivity index (χ2n) is 6.83. The zero-order valence-corrected chi connectivity index (χ0v) is 15.7. The van der Waals surface area contributed by atoms with Crippen molar-refractivity contribution in [3.63, 3.8) is 0 Å². The van der Waals surface area contributed by atoms with E-state index in [0.717, 1.165) is 31.2 Å². The summed E-state index contributed by atoms with van der Waals surface area (Å²) in [5, 5.41) is 3.06. The average Bonchev–Trinajstić information content (AvgIpc) is 2.63. The standard InChI is InChI=1S/C21H24N2O2.ClH/c1-14-6-8-15(9-7-14)20(24)18-4-2-3-5-19(18)21(25)23-17-12-10-16(22)11-13-17;/h2-9,16-17H,10-13,22H2,1H3,(H,23,25);1H. The van der Waals surface area contributed by atoms with Crippen LogP contribution in [0.4, 0.5) is 0 Å². The molecule has 1 fully saturated rings. The van der Waals surface area contributed by atoms with Gasteiger partial charge in [0, 0.05) is 23.2 Å². The molecule has 1 amide bonds. The van der Waals surface area contributed by atoms with Crippen molar-refractivity contribution in [3.05, 3.63) is 70.8 Å². The summed E-state index contributed by atoms with van der Waals surface area (Å²) in [7, 11) is 0. The lowest BCUT2D eigenvalue weighted by Gasteiger charge is -2.27. The van der Waals surface area contributed by atoms with E-state index < -0.39 is 0 Å². The molecule has 5 heteroatoms. The lowest BCUT2D eigenvalue weighted by atomic mass is 9.91. The minimum atomic E-state index is -0.184. The van der Waals surface area contributed by atoms with Gasteiger partial charge in [-0.25, -0.2) is 0 Å². The van der Waals surface area contributed by atoms with Crippen molar-refractivity contribution in [2.24, 2.45) is 5.73 Å². The molecule has 0 aromatic heterocycles. The predicted octanol–water partition coefficient (Wildman–Crippen LogP) is 3.65. The number of nitrogens with two attached hydrogens (primary N) is 1. The molecule has 0 radical (unpaired) electrons. The summed E-state index contributed by atoms with van der Waals surface area (Å²) in [4.78, 5) is 25.5. The SMILES string of the molecule is Cc1ccc(C(=O)c2ccccc2C(=O)NC2CCC(N)CC2)cc1.Cl. The molecule has 0 saturated heterocycles. The van der Waals surface area contributed by atoms with Crippen molar-refractivity contribution in [1.29, 1.82) is 0 Å². The number of halogens is 1. The number of nitrogens with one attached hydrogen (secondary N) is 1. The second-order valence-corrected chi connectivity index (χ2v) is 6.83. The van der Waals surface area contributed by atoms with Gasteiger partial charge in [0.05, 0.1) is 5.56 Å². The highest BCUT2D eigenvalue weighted by molar-refractivity contribution is 6.15. The van der Waals surface area contributed by atoms with E-state index in [1.54, 1.807) is 36.4 Å². The van der Waals surface area contributed by atoms with E-state index in [1.807, 2.05) is 19.1 Å². The van der Waals surface area contributed by atoms with Gasteiger partial charge in [-0.1, -0.05) is 48.0 Å². The van der Waals surface area contributed by atoms with Crippen LogP contribution in [0.1, 0.15) is 57.5 Å². The summed E-state index contributed by atoms with van der Waals surface area (Å²) in [5.41, 5.74) is 8.48. The van der Waals surface area contributed by atoms with Gasteiger partial charge in [0.15, 0.2) is 5.78 Å². The summed E-state index contributed by atoms with van der Waals surface area (Å²) in [6.07, 6.45) is 3.63. The van der Waals surface area contributed by atoms with Gasteiger partial charge in [0.1, 0.15) is 0 Å². The Kier molecular flexibility index (Phi) is 6.95. The number of carbonyl (C=O) groups excluding carboxylic acids is 2. The van der Waals surface area contributed by atoms with E-state index in [4.69, 9.17) is 5.73 Å². The van der Waals surface area contributed by atoms with E-state index >= 15 is 0 Å². The Balaban J connectivity index is 0.00000243. The van der Waals surface area contributed by atoms with Crippen LogP contribution in [0.5, 0.6) is 0 Å². The summed E-state index contributed by atoms with van der Waals surface area (Å²) >= 11 is 0. The van der Waals surface area contributed by atoms with Crippen molar-refractivity contribution in [2.75, 3.05) is 0 Å². The number of hydrogen-bond acceptors (Lipinski definition) is 3. The zero-order chi connectivity index (χ0) is 17.8. The van der Waals surface area contributed by atoms with Crippen LogP contribution in [0, 0.1) is 6.92 Å². The molecular weight excluding hydrogens is 348 g/mol. The number of amides is 1. The second kappa shape index (κ2) is 8.97. The molecule has 1 aliphatic carbocycles. The van der Waals surface area contributed by atoms with Crippen LogP contribution in [-0.4, -0.2) is 23.8 Å². The van der Waals surface area contributed by atoms with E-state index in [-0.39, 0.29) is 36.2 Å². The molecule has 0 bridgehead atoms. The third-order valence-corrected chi connectivity index (χ3v) is 4.84. The summed E-state index contributed by atoms with van der Waals surface area (Å²) in [6.45, 7) is 1.98. The van der Waals surface area contributed by atoms with Gasteiger partial charge in [-0.15, -0.1) is 12.4 Å². The first-order valence-corrected chi connectivity index (χ1v) is 8.81. The van der Waals surface area contributed by atoms with Crippen LogP contribution in [0.25, 0.3) is 0 Å². The fourth-order valence-corrected chi connectivity index (χ4v) is 3.27. The topological polar surface area (TPSA) is 72.2 Å². The van der Waals surface area contributed by atoms with Crippen LogP contribution in [-0.2, 0) is 0 Å². The van der Waals surface area contributed by atoms with Gasteiger partial charge in [-0.05, 0) is 38.7 Å². The lowest BCUT2D eigenvalue weighted by molar-refractivity contribution is 0.0916. The van der Waals surface area contributed by atoms with Crippen molar-refractivity contribution in [1.82, 2.24) is 5.32 Å². The molecular formula is C21H25ClN2O2. The fraction of sp³-hybridized carbons (Fsp3) is 0.333. The van der Waals surface area contributed by atoms with E-state index in [9.17, 15) is 9.59 Å².